The number of thioether (sulfide) groups is 1. The van der Waals surface area contributed by atoms with Gasteiger partial charge in [-0.1, -0.05) is 24.1 Å². The molecule has 2 saturated carbocycles. The van der Waals surface area contributed by atoms with Crippen molar-refractivity contribution in [1.82, 2.24) is 0 Å². The Balaban J connectivity index is 1.71. The molecule has 3 heteroatoms. The van der Waals surface area contributed by atoms with Crippen molar-refractivity contribution in [3.63, 3.8) is 0 Å². The smallest absolute Gasteiger partial charge is 0.0417 e. The quantitative estimate of drug-likeness (QED) is 0.893. The minimum Gasteiger partial charge on any atom is -0.329 e. The van der Waals surface area contributed by atoms with Crippen molar-refractivity contribution in [2.45, 2.75) is 41.7 Å². The molecule has 0 aliphatic heterocycles. The molecule has 2 fully saturated rings. The van der Waals surface area contributed by atoms with Crippen LogP contribution in [0.5, 0.6) is 0 Å². The molecule has 0 amide bonds. The zero-order chi connectivity index (χ0) is 11.9. The van der Waals surface area contributed by atoms with E-state index in [0.29, 0.717) is 5.41 Å². The summed E-state index contributed by atoms with van der Waals surface area (Å²) < 4.78 is 0.283. The van der Waals surface area contributed by atoms with Crippen LogP contribution in [0.2, 0.25) is 5.02 Å². The number of hydrogen-bond acceptors (Lipinski definition) is 2. The maximum absolute atomic E-state index is 6.03. The van der Waals surface area contributed by atoms with Crippen LogP contribution in [0.25, 0.3) is 0 Å². The van der Waals surface area contributed by atoms with Crippen molar-refractivity contribution >= 4 is 23.4 Å². The van der Waals surface area contributed by atoms with Gasteiger partial charge in [0, 0.05) is 21.2 Å². The molecule has 0 aromatic heterocycles. The zero-order valence-electron chi connectivity index (χ0n) is 9.92. The van der Waals surface area contributed by atoms with Crippen LogP contribution in [0.15, 0.2) is 29.2 Å². The Bertz CT molecular complexity index is 420. The van der Waals surface area contributed by atoms with Crippen molar-refractivity contribution in [2.75, 3.05) is 6.54 Å². The van der Waals surface area contributed by atoms with Gasteiger partial charge in [-0.3, -0.25) is 0 Å². The number of halogens is 1. The Morgan fingerprint density at radius 2 is 2.06 bits per heavy atom. The fourth-order valence-corrected chi connectivity index (χ4v) is 5.31. The highest BCUT2D eigenvalue weighted by Crippen LogP contribution is 2.65. The Kier molecular flexibility index (Phi) is 2.92. The van der Waals surface area contributed by atoms with E-state index < -0.39 is 0 Å². The van der Waals surface area contributed by atoms with E-state index in [1.54, 1.807) is 0 Å². The van der Waals surface area contributed by atoms with Gasteiger partial charge in [0.05, 0.1) is 0 Å². The Morgan fingerprint density at radius 3 is 2.59 bits per heavy atom. The first-order valence-electron chi connectivity index (χ1n) is 6.30. The number of rotatable bonds is 3. The zero-order valence-corrected chi connectivity index (χ0v) is 11.5. The predicted molar refractivity (Wildman–Crippen MR) is 74.6 cm³/mol. The largest absolute Gasteiger partial charge is 0.329 e. The molecule has 2 N–H and O–H groups in total. The van der Waals surface area contributed by atoms with E-state index in [1.165, 1.54) is 37.0 Å². The maximum atomic E-state index is 6.03. The number of nitrogens with two attached hydrogens (primary N) is 1. The normalized spacial score (nSPS) is 24.1. The average Bonchev–Trinajstić information content (AvgIpc) is 2.20. The van der Waals surface area contributed by atoms with Crippen molar-refractivity contribution in [1.29, 1.82) is 0 Å². The van der Waals surface area contributed by atoms with Crippen LogP contribution in [-0.4, -0.2) is 11.3 Å². The number of benzene rings is 1. The van der Waals surface area contributed by atoms with Crippen LogP contribution in [-0.2, 0) is 0 Å². The van der Waals surface area contributed by atoms with Gasteiger partial charge in [-0.2, -0.15) is 0 Å². The first kappa shape index (κ1) is 11.9. The summed E-state index contributed by atoms with van der Waals surface area (Å²) in [5.74, 6) is 0. The minimum absolute atomic E-state index is 0.283. The molecule has 0 radical (unpaired) electrons. The minimum atomic E-state index is 0.283. The molecule has 0 heterocycles. The second-order valence-electron chi connectivity index (χ2n) is 5.65. The molecule has 0 bridgehead atoms. The standard InChI is InChI=1S/C14H18ClNS/c15-11-3-1-4-12(7-11)17-14(10-16)8-13(9-14)5-2-6-13/h1,3-4,7H,2,5-6,8-10,16H2. The lowest BCUT2D eigenvalue weighted by atomic mass is 9.51. The molecule has 1 aromatic rings. The molecule has 1 aromatic carbocycles. The molecule has 17 heavy (non-hydrogen) atoms. The van der Waals surface area contributed by atoms with Crippen molar-refractivity contribution in [3.05, 3.63) is 29.3 Å². The van der Waals surface area contributed by atoms with Crippen molar-refractivity contribution < 1.29 is 0 Å². The summed E-state index contributed by atoms with van der Waals surface area (Å²) in [6.07, 6.45) is 6.86. The van der Waals surface area contributed by atoms with Crippen molar-refractivity contribution in [2.24, 2.45) is 11.1 Å². The first-order valence-corrected chi connectivity index (χ1v) is 7.50. The lowest BCUT2D eigenvalue weighted by Gasteiger charge is -2.60. The third-order valence-corrected chi connectivity index (χ3v) is 5.92. The second kappa shape index (κ2) is 4.18. The molecule has 1 spiro atoms. The van der Waals surface area contributed by atoms with Gasteiger partial charge in [-0.15, -0.1) is 11.8 Å². The maximum Gasteiger partial charge on any atom is 0.0417 e. The predicted octanol–water partition coefficient (Wildman–Crippen LogP) is 4.09. The van der Waals surface area contributed by atoms with E-state index in [0.717, 1.165) is 11.6 Å². The van der Waals surface area contributed by atoms with Gasteiger partial charge < -0.3 is 5.73 Å². The van der Waals surface area contributed by atoms with Crippen LogP contribution < -0.4 is 5.73 Å². The van der Waals surface area contributed by atoms with Gasteiger partial charge in [0.1, 0.15) is 0 Å². The topological polar surface area (TPSA) is 26.0 Å². The van der Waals surface area contributed by atoms with Gasteiger partial charge in [-0.05, 0) is 49.3 Å². The SMILES string of the molecule is NCC1(Sc2cccc(Cl)c2)CC2(CCC2)C1. The third kappa shape index (κ3) is 2.11. The Hall–Kier alpha value is -0.180. The van der Waals surface area contributed by atoms with E-state index in [4.69, 9.17) is 17.3 Å². The van der Waals surface area contributed by atoms with Crippen LogP contribution in [0.1, 0.15) is 32.1 Å². The van der Waals surface area contributed by atoms with E-state index >= 15 is 0 Å². The summed E-state index contributed by atoms with van der Waals surface area (Å²) in [5.41, 5.74) is 6.67. The van der Waals surface area contributed by atoms with Gasteiger partial charge >= 0.3 is 0 Å². The summed E-state index contributed by atoms with van der Waals surface area (Å²) in [4.78, 5) is 1.26. The fraction of sp³-hybridized carbons (Fsp3) is 0.571. The summed E-state index contributed by atoms with van der Waals surface area (Å²) in [6, 6.07) is 8.14. The molecule has 0 unspecified atom stereocenters. The monoisotopic (exact) mass is 267 g/mol. The van der Waals surface area contributed by atoms with Gasteiger partial charge in [0.2, 0.25) is 0 Å². The third-order valence-electron chi connectivity index (χ3n) is 4.31. The highest BCUT2D eigenvalue weighted by molar-refractivity contribution is 8.00. The lowest BCUT2D eigenvalue weighted by molar-refractivity contribution is -0.00139. The first-order chi connectivity index (χ1) is 8.15. The second-order valence-corrected chi connectivity index (χ2v) is 7.63. The molecule has 0 saturated heterocycles. The van der Waals surface area contributed by atoms with Crippen molar-refractivity contribution in [3.8, 4) is 0 Å². The molecule has 0 atom stereocenters. The van der Waals surface area contributed by atoms with Crippen LogP contribution in [0, 0.1) is 5.41 Å². The van der Waals surface area contributed by atoms with Crippen LogP contribution >= 0.6 is 23.4 Å². The van der Waals surface area contributed by atoms with Gasteiger partial charge in [0.25, 0.3) is 0 Å². The Morgan fingerprint density at radius 1 is 1.29 bits per heavy atom. The van der Waals surface area contributed by atoms with Gasteiger partial charge in [0.15, 0.2) is 0 Å². The van der Waals surface area contributed by atoms with E-state index in [2.05, 4.69) is 12.1 Å². The molecule has 2 aliphatic rings. The van der Waals surface area contributed by atoms with E-state index in [1.807, 2.05) is 23.9 Å². The van der Waals surface area contributed by atoms with Crippen LogP contribution in [0.4, 0.5) is 0 Å². The highest BCUT2D eigenvalue weighted by Gasteiger charge is 2.56. The molecule has 2 aliphatic carbocycles. The molecule has 3 rings (SSSR count). The number of hydrogen-bond donors (Lipinski definition) is 1. The molecule has 1 nitrogen and oxygen atoms in total. The van der Waals surface area contributed by atoms with E-state index in [9.17, 15) is 0 Å². The average molecular weight is 268 g/mol. The summed E-state index contributed by atoms with van der Waals surface area (Å²) in [7, 11) is 0. The Labute approximate surface area is 112 Å². The van der Waals surface area contributed by atoms with Gasteiger partial charge in [-0.25, -0.2) is 0 Å². The summed E-state index contributed by atoms with van der Waals surface area (Å²) in [6.45, 7) is 0.784. The fourth-order valence-electron chi connectivity index (χ4n) is 3.38. The van der Waals surface area contributed by atoms with E-state index in [-0.39, 0.29) is 4.75 Å². The molecular weight excluding hydrogens is 250 g/mol. The molecule has 92 valence electrons. The van der Waals surface area contributed by atoms with Crippen LogP contribution in [0.3, 0.4) is 0 Å². The summed E-state index contributed by atoms with van der Waals surface area (Å²) in [5, 5.41) is 0.819. The highest BCUT2D eigenvalue weighted by atomic mass is 35.5. The summed E-state index contributed by atoms with van der Waals surface area (Å²) >= 11 is 7.96. The lowest BCUT2D eigenvalue weighted by Crippen LogP contribution is -2.56. The molecular formula is C14H18ClNS.